The minimum absolute atomic E-state index is 0.199. The summed E-state index contributed by atoms with van der Waals surface area (Å²) in [6.45, 7) is 8.03. The summed E-state index contributed by atoms with van der Waals surface area (Å²) < 4.78 is 9.15. The number of benzene rings is 1. The van der Waals surface area contributed by atoms with Crippen molar-refractivity contribution in [2.75, 3.05) is 7.11 Å². The monoisotopic (exact) mass is 523 g/mol. The van der Waals surface area contributed by atoms with Gasteiger partial charge in [-0.25, -0.2) is 14.0 Å². The molecule has 10 nitrogen and oxygen atoms in total. The van der Waals surface area contributed by atoms with Gasteiger partial charge in [-0.15, -0.1) is 0 Å². The van der Waals surface area contributed by atoms with Crippen molar-refractivity contribution < 1.29 is 14.3 Å². The lowest BCUT2D eigenvalue weighted by Crippen LogP contribution is -2.56. The predicted octanol–water partition coefficient (Wildman–Crippen LogP) is 2.87. The number of para-hydroxylation sites is 1. The van der Waals surface area contributed by atoms with E-state index in [1.54, 1.807) is 68.2 Å². The molecule has 0 radical (unpaired) electrons. The lowest BCUT2D eigenvalue weighted by molar-refractivity contribution is -0.129. The van der Waals surface area contributed by atoms with E-state index in [4.69, 9.17) is 4.74 Å². The number of aryl methyl sites for hydroxylation is 1. The molecule has 0 bridgehead atoms. The van der Waals surface area contributed by atoms with Crippen molar-refractivity contribution in [2.45, 2.75) is 52.7 Å². The summed E-state index contributed by atoms with van der Waals surface area (Å²) in [5.74, 6) is -0.479. The van der Waals surface area contributed by atoms with E-state index < -0.39 is 22.7 Å². The molecule has 0 aliphatic heterocycles. The highest BCUT2D eigenvalue weighted by atomic mass is 32.1. The number of ketones is 1. The van der Waals surface area contributed by atoms with Crippen LogP contribution in [0.3, 0.4) is 0 Å². The van der Waals surface area contributed by atoms with Gasteiger partial charge in [0.2, 0.25) is 5.91 Å². The number of carbonyl (C=O) groups excluding carboxylic acids is 2. The van der Waals surface area contributed by atoms with Crippen LogP contribution in [0.25, 0.3) is 15.2 Å². The lowest BCUT2D eigenvalue weighted by atomic mass is 10.0. The van der Waals surface area contributed by atoms with E-state index in [0.29, 0.717) is 26.7 Å². The first-order valence-corrected chi connectivity index (χ1v) is 12.6. The molecule has 1 aromatic carbocycles. The van der Waals surface area contributed by atoms with Crippen LogP contribution in [-0.2, 0) is 16.9 Å². The number of amides is 1. The molecule has 3 heterocycles. The minimum Gasteiger partial charge on any atom is -0.496 e. The lowest BCUT2D eigenvalue weighted by Gasteiger charge is -2.27. The molecule has 3 aromatic heterocycles. The number of hydrogen-bond acceptors (Lipinski definition) is 7. The largest absolute Gasteiger partial charge is 0.496 e. The fourth-order valence-corrected chi connectivity index (χ4v) is 5.45. The van der Waals surface area contributed by atoms with Crippen molar-refractivity contribution in [2.24, 2.45) is 0 Å². The zero-order valence-corrected chi connectivity index (χ0v) is 22.4. The molecule has 4 aromatic rings. The molecular weight excluding hydrogens is 494 g/mol. The Morgan fingerprint density at radius 2 is 1.86 bits per heavy atom. The zero-order chi connectivity index (χ0) is 27.1. The smallest absolute Gasteiger partial charge is 0.333 e. The second-order valence-corrected chi connectivity index (χ2v) is 10.5. The van der Waals surface area contributed by atoms with Gasteiger partial charge in [0, 0.05) is 24.0 Å². The van der Waals surface area contributed by atoms with Crippen molar-refractivity contribution in [3.63, 3.8) is 0 Å². The SMILES string of the molecule is COc1ccccc1C(=O)Cn1c(=O)n(C(C)(C)C(=O)NC(C)C)c(=O)c2c(C)c(-n3cccn3)sc21. The first kappa shape index (κ1) is 26.1. The molecule has 4 rings (SSSR count). The maximum Gasteiger partial charge on any atom is 0.333 e. The molecule has 1 amide bonds. The molecule has 0 fully saturated rings. The van der Waals surface area contributed by atoms with Crippen molar-refractivity contribution in [1.29, 1.82) is 0 Å². The molecule has 0 aliphatic carbocycles. The zero-order valence-electron chi connectivity index (χ0n) is 21.6. The van der Waals surface area contributed by atoms with E-state index in [-0.39, 0.29) is 23.8 Å². The number of thiophene rings is 1. The molecule has 0 saturated heterocycles. The van der Waals surface area contributed by atoms with Gasteiger partial charge >= 0.3 is 5.69 Å². The van der Waals surface area contributed by atoms with Gasteiger partial charge in [-0.05, 0) is 52.8 Å². The molecule has 11 heteroatoms. The Morgan fingerprint density at radius 1 is 1.16 bits per heavy atom. The molecule has 0 spiro atoms. The molecule has 0 saturated carbocycles. The van der Waals surface area contributed by atoms with Gasteiger partial charge in [0.05, 0.1) is 24.6 Å². The summed E-state index contributed by atoms with van der Waals surface area (Å²) >= 11 is 1.19. The molecule has 0 atom stereocenters. The third-order valence-corrected chi connectivity index (χ3v) is 7.45. The summed E-state index contributed by atoms with van der Waals surface area (Å²) in [6, 6.07) is 8.29. The standard InChI is InChI=1S/C26H29N5O5S/c1-15(2)28-24(34)26(4,5)31-21(33)20-16(3)22(30-13-9-12-27-30)37-23(20)29(25(31)35)14-18(32)17-10-7-8-11-19(17)36-6/h7-13,15H,14H2,1-6H3,(H,28,34). The van der Waals surface area contributed by atoms with Crippen LogP contribution in [0.15, 0.2) is 52.3 Å². The van der Waals surface area contributed by atoms with Crippen molar-refractivity contribution in [1.82, 2.24) is 24.2 Å². The molecule has 1 N–H and O–H groups in total. The summed E-state index contributed by atoms with van der Waals surface area (Å²) in [4.78, 5) is 54.6. The molecule has 194 valence electrons. The minimum atomic E-state index is -1.53. The van der Waals surface area contributed by atoms with E-state index in [1.165, 1.54) is 36.9 Å². The first-order chi connectivity index (χ1) is 17.5. The van der Waals surface area contributed by atoms with Gasteiger partial charge in [0.15, 0.2) is 5.78 Å². The van der Waals surface area contributed by atoms with E-state index in [1.807, 2.05) is 0 Å². The van der Waals surface area contributed by atoms with Crippen LogP contribution in [0.4, 0.5) is 0 Å². The van der Waals surface area contributed by atoms with Gasteiger partial charge < -0.3 is 10.1 Å². The van der Waals surface area contributed by atoms with Crippen LogP contribution in [0.2, 0.25) is 0 Å². The topological polar surface area (TPSA) is 117 Å². The van der Waals surface area contributed by atoms with Gasteiger partial charge in [-0.1, -0.05) is 23.5 Å². The van der Waals surface area contributed by atoms with E-state index in [0.717, 1.165) is 4.57 Å². The Morgan fingerprint density at radius 3 is 2.49 bits per heavy atom. The second-order valence-electron chi connectivity index (χ2n) is 9.48. The van der Waals surface area contributed by atoms with Crippen LogP contribution < -0.4 is 21.3 Å². The Balaban J connectivity index is 2.01. The van der Waals surface area contributed by atoms with Gasteiger partial charge in [0.25, 0.3) is 5.56 Å². The fourth-order valence-electron chi connectivity index (χ4n) is 4.22. The Bertz CT molecular complexity index is 1610. The van der Waals surface area contributed by atoms with Gasteiger partial charge in [-0.3, -0.25) is 19.0 Å². The number of aromatic nitrogens is 4. The van der Waals surface area contributed by atoms with Crippen LogP contribution in [0.1, 0.15) is 43.6 Å². The maximum absolute atomic E-state index is 13.9. The Labute approximate surface area is 217 Å². The average Bonchev–Trinajstić information content (AvgIpc) is 3.49. The molecular formula is C26H29N5O5S. The highest BCUT2D eigenvalue weighted by Gasteiger charge is 2.36. The van der Waals surface area contributed by atoms with Gasteiger partial charge in [0.1, 0.15) is 21.1 Å². The molecule has 0 aliphatic rings. The van der Waals surface area contributed by atoms with Crippen LogP contribution in [-0.4, -0.2) is 43.8 Å². The number of rotatable bonds is 8. The summed E-state index contributed by atoms with van der Waals surface area (Å²) in [7, 11) is 1.46. The number of nitrogens with zero attached hydrogens (tertiary/aromatic N) is 4. The third-order valence-electron chi connectivity index (χ3n) is 6.14. The Kier molecular flexibility index (Phi) is 6.92. The van der Waals surface area contributed by atoms with Crippen LogP contribution in [0.5, 0.6) is 5.75 Å². The maximum atomic E-state index is 13.9. The van der Waals surface area contributed by atoms with Crippen molar-refractivity contribution in [3.05, 3.63) is 74.7 Å². The van der Waals surface area contributed by atoms with Crippen LogP contribution in [0, 0.1) is 6.92 Å². The summed E-state index contributed by atoms with van der Waals surface area (Å²) in [5, 5.41) is 7.95. The highest BCUT2D eigenvalue weighted by molar-refractivity contribution is 7.21. The first-order valence-electron chi connectivity index (χ1n) is 11.8. The van der Waals surface area contributed by atoms with Crippen LogP contribution >= 0.6 is 11.3 Å². The fraction of sp³-hybridized carbons (Fsp3) is 0.346. The van der Waals surface area contributed by atoms with E-state index >= 15 is 0 Å². The second kappa shape index (κ2) is 9.81. The van der Waals surface area contributed by atoms with E-state index in [2.05, 4.69) is 10.4 Å². The normalized spacial score (nSPS) is 11.8. The average molecular weight is 524 g/mol. The summed E-state index contributed by atoms with van der Waals surface area (Å²) in [6.07, 6.45) is 3.35. The number of hydrogen-bond donors (Lipinski definition) is 1. The highest BCUT2D eigenvalue weighted by Crippen LogP contribution is 2.31. The Hall–Kier alpha value is -3.99. The quantitative estimate of drug-likeness (QED) is 0.355. The third kappa shape index (κ3) is 4.50. The number of Topliss-reactive ketones (excluding diaryl/α,β-unsaturated/α-hetero) is 1. The van der Waals surface area contributed by atoms with Crippen molar-refractivity contribution >= 4 is 33.2 Å². The van der Waals surface area contributed by atoms with Crippen molar-refractivity contribution in [3.8, 4) is 10.8 Å². The predicted molar refractivity (Wildman–Crippen MR) is 142 cm³/mol. The van der Waals surface area contributed by atoms with E-state index in [9.17, 15) is 19.2 Å². The molecule has 37 heavy (non-hydrogen) atoms. The van der Waals surface area contributed by atoms with Gasteiger partial charge in [-0.2, -0.15) is 5.10 Å². The molecule has 0 unspecified atom stereocenters. The number of carbonyl (C=O) groups is 2. The number of ether oxygens (including phenoxy) is 1. The number of nitrogens with one attached hydrogen (secondary N) is 1. The number of fused-ring (bicyclic) bond motifs is 1. The number of methoxy groups -OCH3 is 1. The summed E-state index contributed by atoms with van der Waals surface area (Å²) in [5.41, 5.74) is -1.97.